The highest BCUT2D eigenvalue weighted by Crippen LogP contribution is 2.42. The van der Waals surface area contributed by atoms with Crippen LogP contribution in [-0.4, -0.2) is 76.5 Å². The number of anilines is 2. The number of hydrogen-bond donors (Lipinski definition) is 0. The van der Waals surface area contributed by atoms with Crippen LogP contribution in [-0.2, 0) is 14.3 Å². The van der Waals surface area contributed by atoms with E-state index in [0.717, 1.165) is 43.5 Å². The van der Waals surface area contributed by atoms with Crippen molar-refractivity contribution >= 4 is 60.0 Å². The van der Waals surface area contributed by atoms with Crippen LogP contribution >= 0.6 is 11.3 Å². The van der Waals surface area contributed by atoms with Crippen molar-refractivity contribution in [2.24, 2.45) is 0 Å². The van der Waals surface area contributed by atoms with Gasteiger partial charge in [-0.25, -0.2) is 0 Å². The first-order valence-electron chi connectivity index (χ1n) is 14.4. The molecule has 0 aliphatic carbocycles. The molecule has 5 aromatic rings. The fraction of sp³-hybridized carbons (Fsp3) is 0.333. The van der Waals surface area contributed by atoms with Gasteiger partial charge in [-0.15, -0.1) is 11.3 Å². The number of carbonyl (C=O) groups is 1. The van der Waals surface area contributed by atoms with Crippen LogP contribution in [0.25, 0.3) is 42.3 Å². The molecular weight excluding hydrogens is 550 g/mol. The number of amides is 1. The maximum Gasteiger partial charge on any atom is 0.240 e. The number of fused-ring (bicyclic) bond motifs is 4. The molecule has 0 saturated carbocycles. The normalized spacial score (nSPS) is 18.2. The highest BCUT2D eigenvalue weighted by Gasteiger charge is 2.24. The molecule has 216 valence electrons. The summed E-state index contributed by atoms with van der Waals surface area (Å²) >= 11 is 1.71. The number of thiophene rings is 1. The monoisotopic (exact) mass is 583 g/mol. The molecule has 9 heteroatoms. The van der Waals surface area contributed by atoms with Gasteiger partial charge in [-0.3, -0.25) is 14.5 Å². The molecule has 1 amide bonds. The van der Waals surface area contributed by atoms with E-state index in [2.05, 4.69) is 41.0 Å². The summed E-state index contributed by atoms with van der Waals surface area (Å²) in [4.78, 5) is 32.4. The van der Waals surface area contributed by atoms with E-state index in [9.17, 15) is 9.59 Å². The van der Waals surface area contributed by atoms with Gasteiger partial charge in [0.15, 0.2) is 11.3 Å². The molecule has 3 aromatic carbocycles. The molecule has 2 aliphatic rings. The summed E-state index contributed by atoms with van der Waals surface area (Å²) in [5.74, 6) is 0.640. The van der Waals surface area contributed by atoms with Crippen molar-refractivity contribution in [3.05, 3.63) is 70.9 Å². The first-order valence-corrected chi connectivity index (χ1v) is 15.2. The van der Waals surface area contributed by atoms with Gasteiger partial charge in [0.2, 0.25) is 5.91 Å². The van der Waals surface area contributed by atoms with Crippen molar-refractivity contribution < 1.29 is 18.7 Å². The van der Waals surface area contributed by atoms with E-state index >= 15 is 0 Å². The maximum atomic E-state index is 13.2. The SMILES string of the molecule is C[C@H]1COCCN1CC(=O)N(C)c1ccc2sc3c(-c4cccc5c(=O)cc(N6CCOCC6)oc45)cccc3c2c1. The Morgan fingerprint density at radius 2 is 1.69 bits per heavy atom. The van der Waals surface area contributed by atoms with Gasteiger partial charge in [0, 0.05) is 75.8 Å². The van der Waals surface area contributed by atoms with E-state index < -0.39 is 0 Å². The van der Waals surface area contributed by atoms with Crippen LogP contribution in [0.4, 0.5) is 11.6 Å². The fourth-order valence-electron chi connectivity index (χ4n) is 5.94. The Morgan fingerprint density at radius 1 is 0.929 bits per heavy atom. The van der Waals surface area contributed by atoms with Crippen LogP contribution in [0.5, 0.6) is 0 Å². The van der Waals surface area contributed by atoms with Crippen LogP contribution in [0.3, 0.4) is 0 Å². The van der Waals surface area contributed by atoms with E-state index in [1.165, 1.54) is 0 Å². The molecule has 42 heavy (non-hydrogen) atoms. The first kappa shape index (κ1) is 27.1. The third kappa shape index (κ3) is 4.86. The molecule has 2 aliphatic heterocycles. The van der Waals surface area contributed by atoms with Gasteiger partial charge in [0.05, 0.1) is 38.4 Å². The summed E-state index contributed by atoms with van der Waals surface area (Å²) < 4.78 is 19.7. The molecular formula is C33H33N3O5S. The van der Waals surface area contributed by atoms with E-state index in [-0.39, 0.29) is 17.4 Å². The first-order chi connectivity index (χ1) is 20.5. The largest absolute Gasteiger partial charge is 0.440 e. The number of rotatable bonds is 5. The highest BCUT2D eigenvalue weighted by molar-refractivity contribution is 7.26. The van der Waals surface area contributed by atoms with E-state index in [1.54, 1.807) is 22.3 Å². The van der Waals surface area contributed by atoms with Gasteiger partial charge >= 0.3 is 0 Å². The summed E-state index contributed by atoms with van der Waals surface area (Å²) in [6.45, 7) is 7.14. The Balaban J connectivity index is 1.28. The van der Waals surface area contributed by atoms with Crippen molar-refractivity contribution in [3.63, 3.8) is 0 Å². The predicted octanol–water partition coefficient (Wildman–Crippen LogP) is 5.35. The van der Waals surface area contributed by atoms with Gasteiger partial charge in [-0.05, 0) is 31.2 Å². The Labute approximate surface area is 247 Å². The molecule has 7 rings (SSSR count). The number of ether oxygens (including phenoxy) is 2. The van der Waals surface area contributed by atoms with Crippen LogP contribution in [0.2, 0.25) is 0 Å². The predicted molar refractivity (Wildman–Crippen MR) is 169 cm³/mol. The molecule has 0 bridgehead atoms. The maximum absolute atomic E-state index is 13.2. The lowest BCUT2D eigenvalue weighted by atomic mass is 10.0. The van der Waals surface area contributed by atoms with E-state index in [4.69, 9.17) is 13.9 Å². The smallest absolute Gasteiger partial charge is 0.240 e. The Hall–Kier alpha value is -3.76. The summed E-state index contributed by atoms with van der Waals surface area (Å²) in [6, 6.07) is 20.1. The minimum atomic E-state index is -0.0491. The molecule has 0 unspecified atom stereocenters. The molecule has 8 nitrogen and oxygen atoms in total. The van der Waals surface area contributed by atoms with Gasteiger partial charge in [0.25, 0.3) is 0 Å². The number of carbonyl (C=O) groups excluding carboxylic acids is 1. The molecule has 2 fully saturated rings. The van der Waals surface area contributed by atoms with Crippen molar-refractivity contribution in [2.75, 3.05) is 69.5 Å². The summed E-state index contributed by atoms with van der Waals surface area (Å²) in [5, 5.41) is 2.78. The average molecular weight is 584 g/mol. The third-order valence-corrected chi connectivity index (χ3v) is 9.66. The lowest BCUT2D eigenvalue weighted by Crippen LogP contribution is -2.48. The number of hydrogen-bond acceptors (Lipinski definition) is 8. The molecule has 0 spiro atoms. The second-order valence-corrected chi connectivity index (χ2v) is 12.1. The van der Waals surface area contributed by atoms with Crippen LogP contribution in [0.1, 0.15) is 6.92 Å². The van der Waals surface area contributed by atoms with Gasteiger partial charge < -0.3 is 23.7 Å². The zero-order valence-electron chi connectivity index (χ0n) is 23.8. The van der Waals surface area contributed by atoms with Crippen LogP contribution in [0, 0.1) is 0 Å². The highest BCUT2D eigenvalue weighted by atomic mass is 32.1. The molecule has 4 heterocycles. The number of nitrogens with zero attached hydrogens (tertiary/aromatic N) is 3. The topological polar surface area (TPSA) is 75.5 Å². The second kappa shape index (κ2) is 11.1. The van der Waals surface area contributed by atoms with Crippen LogP contribution in [0.15, 0.2) is 69.9 Å². The summed E-state index contributed by atoms with van der Waals surface area (Å²) in [7, 11) is 1.85. The van der Waals surface area contributed by atoms with Gasteiger partial charge in [0.1, 0.15) is 5.58 Å². The second-order valence-electron chi connectivity index (χ2n) is 11.0. The van der Waals surface area contributed by atoms with E-state index in [0.29, 0.717) is 62.9 Å². The Morgan fingerprint density at radius 3 is 2.50 bits per heavy atom. The summed E-state index contributed by atoms with van der Waals surface area (Å²) in [5.41, 5.74) is 3.33. The quantitative estimate of drug-likeness (QED) is 0.276. The molecule has 1 atom stereocenters. The minimum absolute atomic E-state index is 0.0491. The lowest BCUT2D eigenvalue weighted by molar-refractivity contribution is -0.121. The number of para-hydroxylation sites is 1. The van der Waals surface area contributed by atoms with Crippen molar-refractivity contribution in [3.8, 4) is 11.1 Å². The van der Waals surface area contributed by atoms with Crippen molar-refractivity contribution in [2.45, 2.75) is 13.0 Å². The number of morpholine rings is 2. The number of likely N-dealkylation sites (N-methyl/N-ethyl adjacent to an activating group) is 1. The summed E-state index contributed by atoms with van der Waals surface area (Å²) in [6.07, 6.45) is 0. The molecule has 2 aromatic heterocycles. The third-order valence-electron chi connectivity index (χ3n) is 8.44. The van der Waals surface area contributed by atoms with Crippen molar-refractivity contribution in [1.82, 2.24) is 4.90 Å². The molecule has 0 N–H and O–H groups in total. The van der Waals surface area contributed by atoms with Crippen LogP contribution < -0.4 is 15.2 Å². The molecule has 0 radical (unpaired) electrons. The average Bonchev–Trinajstić information content (AvgIpc) is 3.40. The van der Waals surface area contributed by atoms with Gasteiger partial charge in [-0.2, -0.15) is 0 Å². The van der Waals surface area contributed by atoms with Gasteiger partial charge in [-0.1, -0.05) is 30.3 Å². The standard InChI is InChI=1S/C33H33N3O5S/c1-21-20-40-16-13-36(21)19-30(38)34(2)22-9-10-29-27(17-22)25-7-4-6-24(33(25)42-29)23-5-3-8-26-28(37)18-31(41-32(23)26)35-11-14-39-15-12-35/h3-10,17-18,21H,11-16,19-20H2,1-2H3/t21-/m0/s1. The minimum Gasteiger partial charge on any atom is -0.440 e. The zero-order chi connectivity index (χ0) is 28.8. The van der Waals surface area contributed by atoms with E-state index in [1.807, 2.05) is 37.4 Å². The lowest BCUT2D eigenvalue weighted by Gasteiger charge is -2.33. The molecule has 2 saturated heterocycles. The Bertz CT molecular complexity index is 1860. The van der Waals surface area contributed by atoms with Crippen molar-refractivity contribution in [1.29, 1.82) is 0 Å². The Kier molecular flexibility index (Phi) is 7.19. The fourth-order valence-corrected chi connectivity index (χ4v) is 7.15. The number of benzene rings is 3. The zero-order valence-corrected chi connectivity index (χ0v) is 24.6.